The molecule has 0 amide bonds. The normalized spacial score (nSPS) is 11.5. The number of hydrogen-bond donors (Lipinski definition) is 0. The highest BCUT2D eigenvalue weighted by molar-refractivity contribution is 7.91. The predicted octanol–water partition coefficient (Wildman–Crippen LogP) is 3.33. The molecule has 30 heavy (non-hydrogen) atoms. The van der Waals surface area contributed by atoms with Crippen LogP contribution in [0.3, 0.4) is 0 Å². The number of methoxy groups -OCH3 is 1. The number of fused-ring (bicyclic) bond motifs is 1. The van der Waals surface area contributed by atoms with E-state index in [1.807, 2.05) is 0 Å². The molecule has 2 heterocycles. The van der Waals surface area contributed by atoms with Gasteiger partial charge in [0.1, 0.15) is 0 Å². The molecule has 152 valence electrons. The van der Waals surface area contributed by atoms with E-state index < -0.39 is 9.84 Å². The third kappa shape index (κ3) is 3.67. The molecule has 0 N–H and O–H groups in total. The van der Waals surface area contributed by atoms with Gasteiger partial charge in [0.05, 0.1) is 40.1 Å². The summed E-state index contributed by atoms with van der Waals surface area (Å²) in [5.41, 5.74) is 0.452. The molecule has 2 aromatic carbocycles. The van der Waals surface area contributed by atoms with Crippen molar-refractivity contribution in [2.75, 3.05) is 7.11 Å². The summed E-state index contributed by atoms with van der Waals surface area (Å²) in [6.07, 6.45) is 3.08. The summed E-state index contributed by atoms with van der Waals surface area (Å²) in [5.74, 6) is 0.477. The first-order chi connectivity index (χ1) is 14.4. The van der Waals surface area contributed by atoms with Gasteiger partial charge in [-0.2, -0.15) is 5.10 Å². The Balaban J connectivity index is 1.72. The lowest BCUT2D eigenvalue weighted by Gasteiger charge is -2.09. The topological polar surface area (TPSA) is 91.2 Å². The Morgan fingerprint density at radius 2 is 1.87 bits per heavy atom. The van der Waals surface area contributed by atoms with Crippen molar-refractivity contribution >= 4 is 32.2 Å². The third-order valence-corrected chi connectivity index (χ3v) is 6.85. The molecule has 0 bridgehead atoms. The number of pyridine rings is 1. The standard InChI is InChI=1S/C21H16ClN3O4S/c1-29-20-9-6-14(11-23-20)13-25-21(26)17-8-7-16(10-15(17)12-24-25)30(27,28)19-5-3-2-4-18(19)22/h2-12H,13H2,1H3. The van der Waals surface area contributed by atoms with Gasteiger partial charge < -0.3 is 4.74 Å². The largest absolute Gasteiger partial charge is 0.481 e. The summed E-state index contributed by atoms with van der Waals surface area (Å²) in [4.78, 5) is 17.0. The molecule has 4 aromatic rings. The summed E-state index contributed by atoms with van der Waals surface area (Å²) >= 11 is 6.06. The van der Waals surface area contributed by atoms with Crippen molar-refractivity contribution in [1.82, 2.24) is 14.8 Å². The lowest BCUT2D eigenvalue weighted by molar-refractivity contribution is 0.397. The van der Waals surface area contributed by atoms with E-state index in [1.165, 1.54) is 48.3 Å². The summed E-state index contributed by atoms with van der Waals surface area (Å²) < 4.78 is 32.2. The number of ether oxygens (including phenoxy) is 1. The number of hydrogen-bond acceptors (Lipinski definition) is 6. The summed E-state index contributed by atoms with van der Waals surface area (Å²) in [6, 6.07) is 14.1. The summed E-state index contributed by atoms with van der Waals surface area (Å²) in [7, 11) is -2.30. The van der Waals surface area contributed by atoms with Crippen LogP contribution in [0, 0.1) is 0 Å². The van der Waals surface area contributed by atoms with Crippen LogP contribution < -0.4 is 10.3 Å². The minimum Gasteiger partial charge on any atom is -0.481 e. The van der Waals surface area contributed by atoms with Crippen molar-refractivity contribution in [3.05, 3.63) is 87.9 Å². The molecular weight excluding hydrogens is 426 g/mol. The molecule has 0 aliphatic carbocycles. The van der Waals surface area contributed by atoms with E-state index in [4.69, 9.17) is 16.3 Å². The first kappa shape index (κ1) is 20.1. The Labute approximate surface area is 177 Å². The van der Waals surface area contributed by atoms with Gasteiger partial charge in [-0.05, 0) is 35.9 Å². The second kappa shape index (κ2) is 7.89. The van der Waals surface area contributed by atoms with Gasteiger partial charge in [-0.25, -0.2) is 18.1 Å². The van der Waals surface area contributed by atoms with E-state index in [0.717, 1.165) is 5.56 Å². The molecule has 0 aliphatic heterocycles. The molecule has 0 fully saturated rings. The van der Waals surface area contributed by atoms with Gasteiger partial charge in [0.25, 0.3) is 5.56 Å². The van der Waals surface area contributed by atoms with E-state index in [2.05, 4.69) is 10.1 Å². The molecule has 0 radical (unpaired) electrons. The highest BCUT2D eigenvalue weighted by Crippen LogP contribution is 2.28. The van der Waals surface area contributed by atoms with Gasteiger partial charge in [-0.3, -0.25) is 4.79 Å². The Kier molecular flexibility index (Phi) is 5.27. The quantitative estimate of drug-likeness (QED) is 0.471. The lowest BCUT2D eigenvalue weighted by atomic mass is 10.2. The van der Waals surface area contributed by atoms with E-state index >= 15 is 0 Å². The zero-order chi connectivity index (χ0) is 21.3. The summed E-state index contributed by atoms with van der Waals surface area (Å²) in [6.45, 7) is 0.228. The van der Waals surface area contributed by atoms with Gasteiger partial charge >= 0.3 is 0 Å². The van der Waals surface area contributed by atoms with Crippen molar-refractivity contribution in [3.63, 3.8) is 0 Å². The van der Waals surface area contributed by atoms with Crippen molar-refractivity contribution in [2.45, 2.75) is 16.3 Å². The zero-order valence-electron chi connectivity index (χ0n) is 15.8. The van der Waals surface area contributed by atoms with E-state index in [-0.39, 0.29) is 26.9 Å². The molecule has 0 atom stereocenters. The molecule has 0 aliphatic rings. The minimum absolute atomic E-state index is 0.0133. The highest BCUT2D eigenvalue weighted by atomic mass is 35.5. The Morgan fingerprint density at radius 1 is 1.07 bits per heavy atom. The molecule has 0 saturated heterocycles. The SMILES string of the molecule is COc1ccc(Cn2ncc3cc(S(=O)(=O)c4ccccc4Cl)ccc3c2=O)cn1. The predicted molar refractivity (Wildman–Crippen MR) is 113 cm³/mol. The fourth-order valence-corrected chi connectivity index (χ4v) is 4.84. The minimum atomic E-state index is -3.83. The second-order valence-corrected chi connectivity index (χ2v) is 8.82. The van der Waals surface area contributed by atoms with Crippen molar-refractivity contribution in [2.24, 2.45) is 0 Å². The van der Waals surface area contributed by atoms with Crippen LogP contribution in [0.1, 0.15) is 5.56 Å². The van der Waals surface area contributed by atoms with Gasteiger partial charge in [-0.1, -0.05) is 29.8 Å². The Bertz CT molecular complexity index is 1400. The molecule has 4 rings (SSSR count). The maximum atomic E-state index is 12.9. The first-order valence-corrected chi connectivity index (χ1v) is 10.7. The number of rotatable bonds is 5. The van der Waals surface area contributed by atoms with Crippen LogP contribution in [0.4, 0.5) is 0 Å². The summed E-state index contributed by atoms with van der Waals surface area (Å²) in [5, 5.41) is 5.11. The average molecular weight is 442 g/mol. The first-order valence-electron chi connectivity index (χ1n) is 8.88. The van der Waals surface area contributed by atoms with Crippen LogP contribution >= 0.6 is 11.6 Å². The van der Waals surface area contributed by atoms with Crippen molar-refractivity contribution in [1.29, 1.82) is 0 Å². The van der Waals surface area contributed by atoms with Crippen molar-refractivity contribution in [3.8, 4) is 5.88 Å². The number of halogens is 1. The van der Waals surface area contributed by atoms with Gasteiger partial charge in [0.2, 0.25) is 15.7 Å². The fourth-order valence-electron chi connectivity index (χ4n) is 3.03. The molecule has 0 spiro atoms. The third-order valence-electron chi connectivity index (χ3n) is 4.60. The maximum absolute atomic E-state index is 12.9. The zero-order valence-corrected chi connectivity index (χ0v) is 17.4. The number of sulfone groups is 1. The van der Waals surface area contributed by atoms with Gasteiger partial charge in [-0.15, -0.1) is 0 Å². The molecule has 2 aromatic heterocycles. The monoisotopic (exact) mass is 441 g/mol. The average Bonchev–Trinajstić information content (AvgIpc) is 2.76. The van der Waals surface area contributed by atoms with Crippen LogP contribution in [0.5, 0.6) is 5.88 Å². The Hall–Kier alpha value is -3.23. The van der Waals surface area contributed by atoms with E-state index in [0.29, 0.717) is 16.7 Å². The number of nitrogens with zero attached hydrogens (tertiary/aromatic N) is 3. The number of aromatic nitrogens is 3. The number of benzene rings is 2. The van der Waals surface area contributed by atoms with E-state index in [1.54, 1.807) is 30.5 Å². The van der Waals surface area contributed by atoms with Crippen molar-refractivity contribution < 1.29 is 13.2 Å². The molecule has 0 saturated carbocycles. The second-order valence-electron chi connectivity index (χ2n) is 6.50. The maximum Gasteiger partial charge on any atom is 0.274 e. The van der Waals surface area contributed by atoms with Crippen LogP contribution in [-0.2, 0) is 16.4 Å². The smallest absolute Gasteiger partial charge is 0.274 e. The van der Waals surface area contributed by atoms with Gasteiger partial charge in [0.15, 0.2) is 0 Å². The molecule has 0 unspecified atom stereocenters. The van der Waals surface area contributed by atoms with Gasteiger partial charge in [0, 0.05) is 17.6 Å². The molecule has 7 nitrogen and oxygen atoms in total. The lowest BCUT2D eigenvalue weighted by Crippen LogP contribution is -2.23. The molecule has 9 heteroatoms. The van der Waals surface area contributed by atoms with Crippen LogP contribution in [0.2, 0.25) is 5.02 Å². The van der Waals surface area contributed by atoms with Crippen LogP contribution in [-0.4, -0.2) is 30.3 Å². The Morgan fingerprint density at radius 3 is 2.57 bits per heavy atom. The van der Waals surface area contributed by atoms with Crippen LogP contribution in [0.25, 0.3) is 10.8 Å². The molecular formula is C21H16ClN3O4S. The highest BCUT2D eigenvalue weighted by Gasteiger charge is 2.21. The van der Waals surface area contributed by atoms with E-state index in [9.17, 15) is 13.2 Å². The fraction of sp³-hybridized carbons (Fsp3) is 0.0952. The van der Waals surface area contributed by atoms with Crippen LogP contribution in [0.15, 0.2) is 81.6 Å².